The van der Waals surface area contributed by atoms with Gasteiger partial charge in [0.15, 0.2) is 11.5 Å². The number of nitriles is 1. The second kappa shape index (κ2) is 7.89. The maximum Gasteiger partial charge on any atom is 0.275 e. The number of carbonyl (C=O) groups excluding carboxylic acids is 1. The van der Waals surface area contributed by atoms with E-state index in [2.05, 4.69) is 10.1 Å². The molecule has 0 radical (unpaired) electrons. The lowest BCUT2D eigenvalue weighted by molar-refractivity contribution is -0.114. The zero-order chi connectivity index (χ0) is 20.3. The third-order valence-corrected chi connectivity index (χ3v) is 4.48. The second-order valence-electron chi connectivity index (χ2n) is 5.63. The molecule has 10 heteroatoms. The maximum absolute atomic E-state index is 12.1. The molecule has 3 aromatic rings. The number of hydrogen-bond acceptors (Lipinski definition) is 8. The van der Waals surface area contributed by atoms with Gasteiger partial charge in [0.05, 0.1) is 12.8 Å². The molecule has 0 aliphatic heterocycles. The van der Waals surface area contributed by atoms with Crippen molar-refractivity contribution in [3.63, 3.8) is 0 Å². The molecule has 0 aliphatic carbocycles. The number of fused-ring (bicyclic) bond motifs is 1. The number of nitrogens with two attached hydrogens (primary N) is 1. The summed E-state index contributed by atoms with van der Waals surface area (Å²) < 4.78 is 12.3. The third-order valence-electron chi connectivity index (χ3n) is 3.66. The van der Waals surface area contributed by atoms with Crippen LogP contribution in [0.1, 0.15) is 16.3 Å². The number of amides is 1. The van der Waals surface area contributed by atoms with E-state index in [4.69, 9.17) is 20.5 Å². The topological polar surface area (TPSA) is 133 Å². The summed E-state index contributed by atoms with van der Waals surface area (Å²) in [5, 5.41) is 13.8. The predicted octanol–water partition coefficient (Wildman–Crippen LogP) is 1.44. The number of nitrogens with zero attached hydrogens (tertiary/aromatic N) is 4. The Morgan fingerprint density at radius 3 is 2.86 bits per heavy atom. The summed E-state index contributed by atoms with van der Waals surface area (Å²) in [6.45, 7) is 1.85. The number of primary amides is 1. The molecule has 9 nitrogen and oxygen atoms in total. The van der Waals surface area contributed by atoms with E-state index in [0.29, 0.717) is 27.7 Å². The molecule has 0 saturated heterocycles. The van der Waals surface area contributed by atoms with E-state index < -0.39 is 5.91 Å². The van der Waals surface area contributed by atoms with Gasteiger partial charge in [-0.3, -0.25) is 9.59 Å². The Kier molecular flexibility index (Phi) is 5.37. The first-order chi connectivity index (χ1) is 13.4. The number of aryl methyl sites for hydroxylation is 1. The molecule has 28 heavy (non-hydrogen) atoms. The Morgan fingerprint density at radius 1 is 1.39 bits per heavy atom. The van der Waals surface area contributed by atoms with Gasteiger partial charge >= 0.3 is 0 Å². The van der Waals surface area contributed by atoms with Crippen LogP contribution in [0.3, 0.4) is 0 Å². The van der Waals surface area contributed by atoms with Crippen molar-refractivity contribution >= 4 is 28.3 Å². The van der Waals surface area contributed by atoms with Crippen molar-refractivity contribution in [2.75, 3.05) is 7.11 Å². The second-order valence-corrected chi connectivity index (χ2v) is 6.79. The molecule has 0 aliphatic rings. The summed E-state index contributed by atoms with van der Waals surface area (Å²) in [5.74, 6) is -0.00508. The average molecular weight is 397 g/mol. The zero-order valence-electron chi connectivity index (χ0n) is 15.0. The molecule has 1 amide bonds. The summed E-state index contributed by atoms with van der Waals surface area (Å²) in [5.41, 5.74) is 5.69. The van der Waals surface area contributed by atoms with Crippen LogP contribution in [-0.2, 0) is 11.4 Å². The quantitative estimate of drug-likeness (QED) is 0.491. The number of aromatic nitrogens is 3. The summed E-state index contributed by atoms with van der Waals surface area (Å²) in [6, 6.07) is 7.99. The van der Waals surface area contributed by atoms with E-state index in [9.17, 15) is 9.59 Å². The van der Waals surface area contributed by atoms with Crippen molar-refractivity contribution in [2.24, 2.45) is 5.73 Å². The first-order valence-corrected chi connectivity index (χ1v) is 8.81. The summed E-state index contributed by atoms with van der Waals surface area (Å²) >= 11 is 1.31. The molecule has 0 bridgehead atoms. The lowest BCUT2D eigenvalue weighted by Gasteiger charge is -2.11. The SMILES string of the molecule is COc1cc(/C=C(\C#N)C(N)=O)ccc1OCc1cc(=O)n2nc(C)sc2n1. The monoisotopic (exact) mass is 397 g/mol. The first kappa shape index (κ1) is 19.1. The highest BCUT2D eigenvalue weighted by atomic mass is 32.1. The number of hydrogen-bond donors (Lipinski definition) is 1. The highest BCUT2D eigenvalue weighted by molar-refractivity contribution is 7.16. The number of rotatable bonds is 6. The van der Waals surface area contributed by atoms with Crippen molar-refractivity contribution < 1.29 is 14.3 Å². The standard InChI is InChI=1S/C18H15N5O4S/c1-10-22-23-16(24)7-13(21-18(23)28-10)9-27-14-4-3-11(6-15(14)26-2)5-12(8-19)17(20)25/h3-7H,9H2,1-2H3,(H2,20,25)/b12-5+. The number of benzene rings is 1. The van der Waals surface area contributed by atoms with Crippen LogP contribution in [-0.4, -0.2) is 27.6 Å². The molecule has 0 saturated carbocycles. The van der Waals surface area contributed by atoms with Gasteiger partial charge < -0.3 is 15.2 Å². The van der Waals surface area contributed by atoms with Crippen LogP contribution >= 0.6 is 11.3 Å². The smallest absolute Gasteiger partial charge is 0.275 e. The summed E-state index contributed by atoms with van der Waals surface area (Å²) in [6.07, 6.45) is 1.36. The molecule has 1 aromatic carbocycles. The molecule has 0 unspecified atom stereocenters. The average Bonchev–Trinajstić information content (AvgIpc) is 3.05. The fourth-order valence-electron chi connectivity index (χ4n) is 2.40. The van der Waals surface area contributed by atoms with Crippen LogP contribution in [0.15, 0.2) is 34.6 Å². The fraction of sp³-hybridized carbons (Fsp3) is 0.167. The zero-order valence-corrected chi connectivity index (χ0v) is 15.8. The molecule has 0 spiro atoms. The molecular weight excluding hydrogens is 382 g/mol. The van der Waals surface area contributed by atoms with Gasteiger partial charge in [0, 0.05) is 6.07 Å². The summed E-state index contributed by atoms with van der Waals surface area (Å²) in [7, 11) is 1.46. The largest absolute Gasteiger partial charge is 0.493 e. The van der Waals surface area contributed by atoms with Gasteiger partial charge in [-0.15, -0.1) is 0 Å². The van der Waals surface area contributed by atoms with Gasteiger partial charge in [0.2, 0.25) is 4.96 Å². The number of methoxy groups -OCH3 is 1. The predicted molar refractivity (Wildman–Crippen MR) is 102 cm³/mol. The molecule has 2 N–H and O–H groups in total. The maximum atomic E-state index is 12.1. The molecule has 142 valence electrons. The molecule has 2 aromatic heterocycles. The van der Waals surface area contributed by atoms with Crippen LogP contribution in [0, 0.1) is 18.3 Å². The minimum atomic E-state index is -0.812. The van der Waals surface area contributed by atoms with Gasteiger partial charge in [-0.25, -0.2) is 4.98 Å². The Hall–Kier alpha value is -3.71. The van der Waals surface area contributed by atoms with Crippen molar-refractivity contribution in [3.8, 4) is 17.6 Å². The Balaban J connectivity index is 1.84. The van der Waals surface area contributed by atoms with E-state index in [1.807, 2.05) is 0 Å². The number of carbonyl (C=O) groups is 1. The van der Waals surface area contributed by atoms with Crippen LogP contribution < -0.4 is 20.8 Å². The van der Waals surface area contributed by atoms with E-state index in [-0.39, 0.29) is 17.7 Å². The van der Waals surface area contributed by atoms with Crippen molar-refractivity contribution in [3.05, 3.63) is 56.5 Å². The lowest BCUT2D eigenvalue weighted by Crippen LogP contribution is -2.16. The first-order valence-electron chi connectivity index (χ1n) is 8.00. The molecular formula is C18H15N5O4S. The Morgan fingerprint density at radius 2 is 2.18 bits per heavy atom. The normalized spacial score (nSPS) is 11.2. The Labute approximate surface area is 163 Å². The highest BCUT2D eigenvalue weighted by Crippen LogP contribution is 2.29. The highest BCUT2D eigenvalue weighted by Gasteiger charge is 2.11. The summed E-state index contributed by atoms with van der Waals surface area (Å²) in [4.78, 5) is 28.1. The van der Waals surface area contributed by atoms with Crippen molar-refractivity contribution in [2.45, 2.75) is 13.5 Å². The minimum Gasteiger partial charge on any atom is -0.493 e. The van der Waals surface area contributed by atoms with Gasteiger partial charge in [-0.2, -0.15) is 14.9 Å². The third kappa shape index (κ3) is 3.99. The van der Waals surface area contributed by atoms with Gasteiger partial charge in [0.25, 0.3) is 11.5 Å². The molecule has 0 fully saturated rings. The van der Waals surface area contributed by atoms with Crippen LogP contribution in [0.25, 0.3) is 11.0 Å². The molecule has 2 heterocycles. The van der Waals surface area contributed by atoms with Gasteiger partial charge in [0.1, 0.15) is 23.3 Å². The van der Waals surface area contributed by atoms with Crippen LogP contribution in [0.5, 0.6) is 11.5 Å². The van der Waals surface area contributed by atoms with Gasteiger partial charge in [-0.05, 0) is 30.7 Å². The minimum absolute atomic E-state index is 0.0545. The van der Waals surface area contributed by atoms with Crippen LogP contribution in [0.4, 0.5) is 0 Å². The lowest BCUT2D eigenvalue weighted by atomic mass is 10.1. The fourth-order valence-corrected chi connectivity index (χ4v) is 3.16. The van der Waals surface area contributed by atoms with E-state index in [0.717, 1.165) is 5.01 Å². The Bertz CT molecular complexity index is 1190. The molecule has 0 atom stereocenters. The van der Waals surface area contributed by atoms with Crippen LogP contribution in [0.2, 0.25) is 0 Å². The van der Waals surface area contributed by atoms with Crippen molar-refractivity contribution in [1.29, 1.82) is 5.26 Å². The number of ether oxygens (including phenoxy) is 2. The van der Waals surface area contributed by atoms with E-state index in [1.165, 1.54) is 35.1 Å². The van der Waals surface area contributed by atoms with Crippen molar-refractivity contribution in [1.82, 2.24) is 14.6 Å². The van der Waals surface area contributed by atoms with E-state index in [1.54, 1.807) is 31.2 Å². The van der Waals surface area contributed by atoms with Gasteiger partial charge in [-0.1, -0.05) is 17.4 Å². The van der Waals surface area contributed by atoms with E-state index >= 15 is 0 Å². The molecule has 3 rings (SSSR count).